The number of para-hydroxylation sites is 1. The van der Waals surface area contributed by atoms with Gasteiger partial charge in [0.15, 0.2) is 0 Å². The maximum atomic E-state index is 12.4. The van der Waals surface area contributed by atoms with Gasteiger partial charge in [-0.15, -0.1) is 0 Å². The Morgan fingerprint density at radius 2 is 1.72 bits per heavy atom. The van der Waals surface area contributed by atoms with Crippen molar-refractivity contribution >= 4 is 33.2 Å². The number of sulfonamides is 1. The zero-order chi connectivity index (χ0) is 18.4. The minimum atomic E-state index is -3.78. The molecule has 1 amide bonds. The Kier molecular flexibility index (Phi) is 6.41. The molecular formula is C17H21ClN3O3S+. The van der Waals surface area contributed by atoms with Gasteiger partial charge < -0.3 is 10.2 Å². The SMILES string of the molecule is C[NH+](C)CCNC(=O)c1ccc(S(=O)(=O)Nc2ccccc2Cl)cc1. The summed E-state index contributed by atoms with van der Waals surface area (Å²) in [4.78, 5) is 13.3. The van der Waals surface area contributed by atoms with Gasteiger partial charge in [-0.25, -0.2) is 8.42 Å². The van der Waals surface area contributed by atoms with Gasteiger partial charge in [0.25, 0.3) is 15.9 Å². The van der Waals surface area contributed by atoms with Crippen LogP contribution in [0.2, 0.25) is 5.02 Å². The van der Waals surface area contributed by atoms with Crippen LogP contribution in [0, 0.1) is 0 Å². The van der Waals surface area contributed by atoms with Crippen LogP contribution < -0.4 is 14.9 Å². The molecule has 0 aliphatic carbocycles. The van der Waals surface area contributed by atoms with E-state index in [1.807, 2.05) is 14.1 Å². The van der Waals surface area contributed by atoms with E-state index in [9.17, 15) is 13.2 Å². The summed E-state index contributed by atoms with van der Waals surface area (Å²) in [5.41, 5.74) is 0.711. The number of hydrogen-bond acceptors (Lipinski definition) is 3. The zero-order valence-electron chi connectivity index (χ0n) is 14.0. The smallest absolute Gasteiger partial charge is 0.261 e. The van der Waals surface area contributed by atoms with Gasteiger partial charge in [-0.1, -0.05) is 23.7 Å². The van der Waals surface area contributed by atoms with Gasteiger partial charge in [-0.3, -0.25) is 9.52 Å². The number of hydrogen-bond donors (Lipinski definition) is 3. The summed E-state index contributed by atoms with van der Waals surface area (Å²) >= 11 is 5.97. The average molecular weight is 383 g/mol. The van der Waals surface area contributed by atoms with Crippen LogP contribution in [-0.4, -0.2) is 41.5 Å². The highest BCUT2D eigenvalue weighted by Gasteiger charge is 2.16. The summed E-state index contributed by atoms with van der Waals surface area (Å²) in [5, 5.41) is 3.10. The van der Waals surface area contributed by atoms with Crippen molar-refractivity contribution in [2.24, 2.45) is 0 Å². The fourth-order valence-corrected chi connectivity index (χ4v) is 3.38. The van der Waals surface area contributed by atoms with Gasteiger partial charge in [0.1, 0.15) is 0 Å². The number of quaternary nitrogens is 1. The summed E-state index contributed by atoms with van der Waals surface area (Å²) in [6.45, 7) is 1.36. The Bertz CT molecular complexity index is 836. The van der Waals surface area contributed by atoms with Crippen molar-refractivity contribution in [1.82, 2.24) is 5.32 Å². The molecule has 0 unspecified atom stereocenters. The molecule has 25 heavy (non-hydrogen) atoms. The lowest BCUT2D eigenvalue weighted by atomic mass is 10.2. The molecule has 8 heteroatoms. The standard InChI is InChI=1S/C17H20ClN3O3S/c1-21(2)12-11-19-17(22)13-7-9-14(10-8-13)25(23,24)20-16-6-4-3-5-15(16)18/h3-10,20H,11-12H2,1-2H3,(H,19,22)/p+1. The quantitative estimate of drug-likeness (QED) is 0.668. The van der Waals surface area contributed by atoms with E-state index >= 15 is 0 Å². The van der Waals surface area contributed by atoms with Crippen LogP contribution in [0.4, 0.5) is 5.69 Å². The lowest BCUT2D eigenvalue weighted by Gasteiger charge is -2.11. The molecule has 0 saturated heterocycles. The highest BCUT2D eigenvalue weighted by molar-refractivity contribution is 7.92. The minimum absolute atomic E-state index is 0.0571. The monoisotopic (exact) mass is 382 g/mol. The second-order valence-corrected chi connectivity index (χ2v) is 7.91. The van der Waals surface area contributed by atoms with Gasteiger partial charge in [0.2, 0.25) is 0 Å². The molecule has 2 aromatic rings. The van der Waals surface area contributed by atoms with E-state index in [4.69, 9.17) is 11.6 Å². The minimum Gasteiger partial charge on any atom is -0.346 e. The molecule has 0 spiro atoms. The van der Waals surface area contributed by atoms with Crippen molar-refractivity contribution in [2.75, 3.05) is 31.9 Å². The van der Waals surface area contributed by atoms with Crippen LogP contribution in [0.25, 0.3) is 0 Å². The first-order valence-corrected chi connectivity index (χ1v) is 9.60. The number of carbonyl (C=O) groups is 1. The van der Waals surface area contributed by atoms with Crippen molar-refractivity contribution in [2.45, 2.75) is 4.90 Å². The molecule has 0 heterocycles. The fourth-order valence-electron chi connectivity index (χ4n) is 2.06. The van der Waals surface area contributed by atoms with E-state index < -0.39 is 10.0 Å². The Balaban J connectivity index is 2.08. The topological polar surface area (TPSA) is 79.7 Å². The third-order valence-corrected chi connectivity index (χ3v) is 5.17. The van der Waals surface area contributed by atoms with Gasteiger partial charge in [-0.05, 0) is 36.4 Å². The summed E-state index contributed by atoms with van der Waals surface area (Å²) in [7, 11) is 0.220. The third kappa shape index (κ3) is 5.45. The lowest BCUT2D eigenvalue weighted by Crippen LogP contribution is -3.06. The van der Waals surface area contributed by atoms with E-state index in [0.29, 0.717) is 22.8 Å². The number of likely N-dealkylation sites (N-methyl/N-ethyl adjacent to an activating group) is 1. The fraction of sp³-hybridized carbons (Fsp3) is 0.235. The highest BCUT2D eigenvalue weighted by atomic mass is 35.5. The van der Waals surface area contributed by atoms with E-state index in [0.717, 1.165) is 6.54 Å². The van der Waals surface area contributed by atoms with Gasteiger partial charge in [-0.2, -0.15) is 0 Å². The van der Waals surface area contributed by atoms with Crippen molar-refractivity contribution < 1.29 is 18.1 Å². The maximum Gasteiger partial charge on any atom is 0.261 e. The molecule has 0 radical (unpaired) electrons. The molecule has 3 N–H and O–H groups in total. The van der Waals surface area contributed by atoms with E-state index in [1.165, 1.54) is 29.2 Å². The van der Waals surface area contributed by atoms with Crippen LogP contribution in [0.1, 0.15) is 10.4 Å². The maximum absolute atomic E-state index is 12.4. The highest BCUT2D eigenvalue weighted by Crippen LogP contribution is 2.24. The van der Waals surface area contributed by atoms with E-state index in [-0.39, 0.29) is 10.8 Å². The summed E-state index contributed by atoms with van der Waals surface area (Å²) in [6.07, 6.45) is 0. The number of amides is 1. The molecule has 2 rings (SSSR count). The Labute approximate surface area is 152 Å². The van der Waals surface area contributed by atoms with E-state index in [1.54, 1.807) is 24.3 Å². The third-order valence-electron chi connectivity index (χ3n) is 3.46. The number of anilines is 1. The first-order valence-electron chi connectivity index (χ1n) is 7.74. The molecule has 0 aromatic heterocycles. The number of rotatable bonds is 7. The van der Waals surface area contributed by atoms with Gasteiger partial charge in [0, 0.05) is 5.56 Å². The molecule has 0 saturated carbocycles. The van der Waals surface area contributed by atoms with Crippen molar-refractivity contribution in [3.05, 3.63) is 59.1 Å². The van der Waals surface area contributed by atoms with Crippen LogP contribution in [0.15, 0.2) is 53.4 Å². The summed E-state index contributed by atoms with van der Waals surface area (Å²) in [5.74, 6) is -0.232. The predicted octanol–water partition coefficient (Wildman–Crippen LogP) is 1.02. The Hall–Kier alpha value is -2.09. The molecule has 0 aliphatic rings. The molecule has 0 aliphatic heterocycles. The van der Waals surface area contributed by atoms with Gasteiger partial charge >= 0.3 is 0 Å². The van der Waals surface area contributed by atoms with E-state index in [2.05, 4.69) is 10.0 Å². The molecule has 0 atom stereocenters. The summed E-state index contributed by atoms with van der Waals surface area (Å²) < 4.78 is 27.3. The molecule has 6 nitrogen and oxygen atoms in total. The molecule has 0 fully saturated rings. The van der Waals surface area contributed by atoms with Crippen molar-refractivity contribution in [3.63, 3.8) is 0 Å². The van der Waals surface area contributed by atoms with Crippen LogP contribution in [0.3, 0.4) is 0 Å². The zero-order valence-corrected chi connectivity index (χ0v) is 15.6. The predicted molar refractivity (Wildman–Crippen MR) is 98.7 cm³/mol. The Morgan fingerprint density at radius 3 is 2.32 bits per heavy atom. The number of halogens is 1. The number of benzene rings is 2. The van der Waals surface area contributed by atoms with Crippen LogP contribution in [0.5, 0.6) is 0 Å². The largest absolute Gasteiger partial charge is 0.346 e. The van der Waals surface area contributed by atoms with Crippen molar-refractivity contribution in [3.8, 4) is 0 Å². The summed E-state index contributed by atoms with van der Waals surface area (Å²) in [6, 6.07) is 12.3. The lowest BCUT2D eigenvalue weighted by molar-refractivity contribution is -0.856. The molecular weight excluding hydrogens is 362 g/mol. The second kappa shape index (κ2) is 8.33. The molecule has 2 aromatic carbocycles. The van der Waals surface area contributed by atoms with Crippen LogP contribution in [-0.2, 0) is 10.0 Å². The average Bonchev–Trinajstić information content (AvgIpc) is 2.56. The second-order valence-electron chi connectivity index (χ2n) is 5.82. The van der Waals surface area contributed by atoms with Crippen molar-refractivity contribution in [1.29, 1.82) is 0 Å². The first kappa shape index (κ1) is 19.2. The molecule has 134 valence electrons. The molecule has 0 bridgehead atoms. The first-order chi connectivity index (χ1) is 11.8. The Morgan fingerprint density at radius 1 is 1.08 bits per heavy atom. The van der Waals surface area contributed by atoms with Crippen LogP contribution >= 0.6 is 11.6 Å². The number of nitrogens with one attached hydrogen (secondary N) is 3. The number of carbonyl (C=O) groups excluding carboxylic acids is 1. The normalized spacial score (nSPS) is 11.4. The van der Waals surface area contributed by atoms with Gasteiger partial charge in [0.05, 0.1) is 42.8 Å².